The van der Waals surface area contributed by atoms with Crippen molar-refractivity contribution in [2.45, 2.75) is 17.9 Å². The number of hydrogen-bond acceptors (Lipinski definition) is 4. The van der Waals surface area contributed by atoms with Gasteiger partial charge in [0.05, 0.1) is 5.69 Å². The van der Waals surface area contributed by atoms with Crippen molar-refractivity contribution >= 4 is 17.2 Å². The topological polar surface area (TPSA) is 61.8 Å². The van der Waals surface area contributed by atoms with Crippen LogP contribution in [0.3, 0.4) is 0 Å². The summed E-state index contributed by atoms with van der Waals surface area (Å²) in [5.74, 6) is 0.548. The Kier molecular flexibility index (Phi) is 2.78. The normalized spacial score (nSPS) is 25.8. The Morgan fingerprint density at radius 1 is 1.23 bits per heavy atom. The van der Waals surface area contributed by atoms with Crippen LogP contribution in [0.1, 0.15) is 23.5 Å². The van der Waals surface area contributed by atoms with Crippen LogP contribution in [0.15, 0.2) is 53.5 Å². The number of nitrogens with two attached hydrogens (primary N) is 1. The number of hydrogen-bond donors (Lipinski definition) is 2. The van der Waals surface area contributed by atoms with Crippen LogP contribution < -0.4 is 10.6 Å². The highest BCUT2D eigenvalue weighted by Gasteiger charge is 2.44. The lowest BCUT2D eigenvalue weighted by molar-refractivity contribution is 0.0964. The van der Waals surface area contributed by atoms with Gasteiger partial charge in [0, 0.05) is 30.8 Å². The molecule has 22 heavy (non-hydrogen) atoms. The molecule has 3 N–H and O–H groups in total. The quantitative estimate of drug-likeness (QED) is 0.894. The van der Waals surface area contributed by atoms with Gasteiger partial charge in [-0.05, 0) is 24.1 Å². The number of aliphatic imine (C=N–C) groups is 1. The molecule has 4 nitrogen and oxygen atoms in total. The zero-order chi connectivity index (χ0) is 15.3. The summed E-state index contributed by atoms with van der Waals surface area (Å²) in [7, 11) is 2.09. The average Bonchev–Trinajstić information content (AvgIpc) is 2.96. The molecule has 0 saturated carbocycles. The molecule has 0 amide bonds. The summed E-state index contributed by atoms with van der Waals surface area (Å²) in [6, 6.07) is 16.0. The maximum Gasteiger partial charge on any atom is 0.149 e. The monoisotopic (exact) mass is 293 g/mol. The van der Waals surface area contributed by atoms with Crippen molar-refractivity contribution < 1.29 is 5.11 Å². The molecule has 2 aromatic rings. The lowest BCUT2D eigenvalue weighted by Gasteiger charge is -2.27. The van der Waals surface area contributed by atoms with Gasteiger partial charge in [0.1, 0.15) is 11.4 Å². The van der Waals surface area contributed by atoms with Gasteiger partial charge >= 0.3 is 0 Å². The fourth-order valence-corrected chi connectivity index (χ4v) is 3.73. The van der Waals surface area contributed by atoms with Gasteiger partial charge < -0.3 is 15.7 Å². The number of nitrogens with zero attached hydrogens (tertiary/aromatic N) is 2. The molecule has 0 bridgehead atoms. The summed E-state index contributed by atoms with van der Waals surface area (Å²) in [5.41, 5.74) is 9.02. The van der Waals surface area contributed by atoms with Crippen LogP contribution in [0, 0.1) is 0 Å². The summed E-state index contributed by atoms with van der Waals surface area (Å²) in [6.45, 7) is 0.886. The SMILES string of the molecule is CN1CC(CC2(O)C(N)=Nc3ccccc32)c2ccccc21. The molecule has 2 heterocycles. The van der Waals surface area contributed by atoms with E-state index in [1.54, 1.807) is 0 Å². The summed E-state index contributed by atoms with van der Waals surface area (Å²) < 4.78 is 0. The fraction of sp³-hybridized carbons (Fsp3) is 0.278. The molecule has 2 atom stereocenters. The second kappa shape index (κ2) is 4.58. The van der Waals surface area contributed by atoms with Crippen LogP contribution in [-0.4, -0.2) is 24.5 Å². The van der Waals surface area contributed by atoms with Crippen molar-refractivity contribution in [1.29, 1.82) is 0 Å². The van der Waals surface area contributed by atoms with Crippen LogP contribution in [0.5, 0.6) is 0 Å². The number of likely N-dealkylation sites (N-methyl/N-ethyl adjacent to an activating group) is 1. The Labute approximate surface area is 129 Å². The Balaban J connectivity index is 1.72. The highest BCUT2D eigenvalue weighted by Crippen LogP contribution is 2.46. The molecule has 4 heteroatoms. The molecule has 0 radical (unpaired) electrons. The Bertz CT molecular complexity index is 770. The van der Waals surface area contributed by atoms with Crippen LogP contribution in [0.25, 0.3) is 0 Å². The molecule has 2 aliphatic rings. The minimum absolute atomic E-state index is 0.242. The van der Waals surface area contributed by atoms with Gasteiger partial charge in [-0.1, -0.05) is 36.4 Å². The molecule has 4 rings (SSSR count). The minimum atomic E-state index is -1.17. The third-order valence-corrected chi connectivity index (χ3v) is 4.84. The van der Waals surface area contributed by atoms with Crippen molar-refractivity contribution in [3.8, 4) is 0 Å². The first-order chi connectivity index (χ1) is 10.6. The number of fused-ring (bicyclic) bond motifs is 2. The van der Waals surface area contributed by atoms with E-state index in [1.165, 1.54) is 11.3 Å². The molecule has 0 fully saturated rings. The number of rotatable bonds is 2. The number of aliphatic hydroxyl groups is 1. The fourth-order valence-electron chi connectivity index (χ4n) is 3.73. The minimum Gasteiger partial charge on any atom is -0.384 e. The van der Waals surface area contributed by atoms with E-state index in [4.69, 9.17) is 5.73 Å². The van der Waals surface area contributed by atoms with Crippen LogP contribution in [-0.2, 0) is 5.60 Å². The van der Waals surface area contributed by atoms with E-state index in [2.05, 4.69) is 35.1 Å². The molecule has 0 aliphatic carbocycles. The predicted octanol–water partition coefficient (Wildman–Crippen LogP) is 2.50. The smallest absolute Gasteiger partial charge is 0.149 e. The van der Waals surface area contributed by atoms with E-state index in [9.17, 15) is 5.11 Å². The van der Waals surface area contributed by atoms with Gasteiger partial charge in [0.15, 0.2) is 0 Å². The van der Waals surface area contributed by atoms with Crippen LogP contribution in [0.2, 0.25) is 0 Å². The summed E-state index contributed by atoms with van der Waals surface area (Å²) in [4.78, 5) is 6.59. The number of benzene rings is 2. The van der Waals surface area contributed by atoms with E-state index >= 15 is 0 Å². The molecular formula is C18H19N3O. The highest BCUT2D eigenvalue weighted by molar-refractivity contribution is 5.97. The first-order valence-corrected chi connectivity index (χ1v) is 7.56. The van der Waals surface area contributed by atoms with Crippen molar-refractivity contribution in [3.63, 3.8) is 0 Å². The lowest BCUT2D eigenvalue weighted by Crippen LogP contribution is -2.40. The second-order valence-corrected chi connectivity index (χ2v) is 6.21. The van der Waals surface area contributed by atoms with Gasteiger partial charge in [-0.2, -0.15) is 0 Å². The third-order valence-electron chi connectivity index (χ3n) is 4.84. The van der Waals surface area contributed by atoms with E-state index in [0.29, 0.717) is 12.3 Å². The van der Waals surface area contributed by atoms with Crippen molar-refractivity contribution in [3.05, 3.63) is 59.7 Å². The van der Waals surface area contributed by atoms with Crippen molar-refractivity contribution in [2.75, 3.05) is 18.5 Å². The van der Waals surface area contributed by atoms with Gasteiger partial charge in [0.25, 0.3) is 0 Å². The first-order valence-electron chi connectivity index (χ1n) is 7.56. The van der Waals surface area contributed by atoms with E-state index in [1.807, 2.05) is 30.3 Å². The zero-order valence-corrected chi connectivity index (χ0v) is 12.5. The second-order valence-electron chi connectivity index (χ2n) is 6.21. The number of para-hydroxylation sites is 2. The largest absolute Gasteiger partial charge is 0.384 e. The third kappa shape index (κ3) is 1.77. The van der Waals surface area contributed by atoms with Gasteiger partial charge in [-0.25, -0.2) is 4.99 Å². The Morgan fingerprint density at radius 3 is 2.82 bits per heavy atom. The number of anilines is 1. The van der Waals surface area contributed by atoms with Crippen molar-refractivity contribution in [1.82, 2.24) is 0 Å². The maximum absolute atomic E-state index is 11.2. The summed E-state index contributed by atoms with van der Waals surface area (Å²) >= 11 is 0. The molecular weight excluding hydrogens is 274 g/mol. The van der Waals surface area contributed by atoms with Crippen LogP contribution in [0.4, 0.5) is 11.4 Å². The Hall–Kier alpha value is -2.33. The number of amidine groups is 1. The predicted molar refractivity (Wildman–Crippen MR) is 88.7 cm³/mol. The maximum atomic E-state index is 11.2. The lowest BCUT2D eigenvalue weighted by atomic mass is 9.82. The van der Waals surface area contributed by atoms with Gasteiger partial charge in [-0.15, -0.1) is 0 Å². The first kappa shape index (κ1) is 13.3. The molecule has 0 spiro atoms. The zero-order valence-electron chi connectivity index (χ0n) is 12.5. The summed E-state index contributed by atoms with van der Waals surface area (Å²) in [6.07, 6.45) is 0.556. The molecule has 0 saturated heterocycles. The van der Waals surface area contributed by atoms with E-state index in [0.717, 1.165) is 17.8 Å². The molecule has 112 valence electrons. The van der Waals surface area contributed by atoms with Crippen LogP contribution >= 0.6 is 0 Å². The van der Waals surface area contributed by atoms with Gasteiger partial charge in [0.2, 0.25) is 0 Å². The molecule has 0 aromatic heterocycles. The average molecular weight is 293 g/mol. The molecule has 2 aromatic carbocycles. The molecule has 2 aliphatic heterocycles. The summed E-state index contributed by atoms with van der Waals surface area (Å²) in [5, 5.41) is 11.2. The molecule has 2 unspecified atom stereocenters. The van der Waals surface area contributed by atoms with Gasteiger partial charge in [-0.3, -0.25) is 0 Å². The van der Waals surface area contributed by atoms with Crippen molar-refractivity contribution in [2.24, 2.45) is 10.7 Å². The Morgan fingerprint density at radius 2 is 1.95 bits per heavy atom. The van der Waals surface area contributed by atoms with E-state index in [-0.39, 0.29) is 5.92 Å². The standard InChI is InChI=1S/C18H19N3O/c1-21-11-12(13-6-2-5-9-16(13)21)10-18(22)14-7-3-4-8-15(14)20-17(18)19/h2-9,12,22H,10-11H2,1H3,(H2,19,20). The highest BCUT2D eigenvalue weighted by atomic mass is 16.3. The van der Waals surface area contributed by atoms with E-state index < -0.39 is 5.60 Å².